The topological polar surface area (TPSA) is 41.6 Å². The molecule has 2 atom stereocenters. The summed E-state index contributed by atoms with van der Waals surface area (Å²) in [5.41, 5.74) is 7.54. The Labute approximate surface area is 108 Å². The highest BCUT2D eigenvalue weighted by Gasteiger charge is 2.35. The van der Waals surface area contributed by atoms with E-state index in [2.05, 4.69) is 43.1 Å². The number of fused-ring (bicyclic) bond motifs is 1. The molecule has 0 aromatic heterocycles. The fourth-order valence-electron chi connectivity index (χ4n) is 2.60. The Kier molecular flexibility index (Phi) is 2.86. The van der Waals surface area contributed by atoms with Crippen LogP contribution in [-0.2, 0) is 0 Å². The van der Waals surface area contributed by atoms with Gasteiger partial charge in [-0.3, -0.25) is 4.99 Å². The molecular weight excluding hydrogens is 222 g/mol. The first-order valence-corrected chi connectivity index (χ1v) is 6.89. The normalized spacial score (nSPS) is 23.9. The number of hydrogen-bond donors (Lipinski definition) is 1. The van der Waals surface area contributed by atoms with Crippen LogP contribution in [0.5, 0.6) is 0 Å². The Balaban J connectivity index is 2.11. The van der Waals surface area contributed by atoms with Crippen LogP contribution >= 0.6 is 0 Å². The van der Waals surface area contributed by atoms with Crippen LogP contribution in [0.25, 0.3) is 6.20 Å². The minimum atomic E-state index is 0.121. The molecule has 1 fully saturated rings. The van der Waals surface area contributed by atoms with Gasteiger partial charge in [-0.05, 0) is 37.8 Å². The molecule has 3 rings (SSSR count). The average Bonchev–Trinajstić information content (AvgIpc) is 3.21. The summed E-state index contributed by atoms with van der Waals surface area (Å²) in [6, 6.07) is 7.10. The highest BCUT2D eigenvalue weighted by Crippen LogP contribution is 2.30. The molecule has 1 aromatic carbocycles. The van der Waals surface area contributed by atoms with E-state index in [4.69, 9.17) is 10.7 Å². The molecule has 1 aliphatic heterocycles. The third kappa shape index (κ3) is 1.93. The molecule has 0 amide bonds. The smallest absolute Gasteiger partial charge is 0.136 e. The van der Waals surface area contributed by atoms with Gasteiger partial charge >= 0.3 is 0 Å². The SMILES string of the molecule is CCC(N)[C@@H]1N=c2cccc(C)c2=CN1C1CC1. The van der Waals surface area contributed by atoms with E-state index in [9.17, 15) is 0 Å². The summed E-state index contributed by atoms with van der Waals surface area (Å²) in [4.78, 5) is 7.28. The van der Waals surface area contributed by atoms with Crippen molar-refractivity contribution in [2.75, 3.05) is 0 Å². The van der Waals surface area contributed by atoms with E-state index in [-0.39, 0.29) is 12.2 Å². The number of aryl methyl sites for hydroxylation is 1. The van der Waals surface area contributed by atoms with Gasteiger partial charge in [-0.1, -0.05) is 19.1 Å². The molecule has 1 aromatic rings. The van der Waals surface area contributed by atoms with Gasteiger partial charge in [0.05, 0.1) is 5.36 Å². The van der Waals surface area contributed by atoms with Gasteiger partial charge in [0.2, 0.25) is 0 Å². The first-order valence-electron chi connectivity index (χ1n) is 6.89. The van der Waals surface area contributed by atoms with Crippen LogP contribution in [0, 0.1) is 6.92 Å². The van der Waals surface area contributed by atoms with Crippen molar-refractivity contribution in [3.05, 3.63) is 34.3 Å². The lowest BCUT2D eigenvalue weighted by molar-refractivity contribution is 0.249. The van der Waals surface area contributed by atoms with Crippen molar-refractivity contribution in [3.63, 3.8) is 0 Å². The van der Waals surface area contributed by atoms with Crippen molar-refractivity contribution in [1.29, 1.82) is 0 Å². The van der Waals surface area contributed by atoms with Crippen molar-refractivity contribution in [2.45, 2.75) is 51.4 Å². The van der Waals surface area contributed by atoms with E-state index in [0.29, 0.717) is 6.04 Å². The lowest BCUT2D eigenvalue weighted by Gasteiger charge is -2.33. The molecule has 3 nitrogen and oxygen atoms in total. The zero-order valence-corrected chi connectivity index (χ0v) is 11.1. The van der Waals surface area contributed by atoms with Gasteiger partial charge in [0.25, 0.3) is 0 Å². The van der Waals surface area contributed by atoms with Crippen LogP contribution in [0.2, 0.25) is 0 Å². The molecule has 0 spiro atoms. The molecule has 2 aliphatic rings. The Morgan fingerprint density at radius 1 is 1.44 bits per heavy atom. The maximum absolute atomic E-state index is 6.24. The molecule has 1 saturated carbocycles. The van der Waals surface area contributed by atoms with Crippen LogP contribution in [0.1, 0.15) is 31.7 Å². The molecule has 0 bridgehead atoms. The fraction of sp³-hybridized carbons (Fsp3) is 0.533. The minimum absolute atomic E-state index is 0.121. The Morgan fingerprint density at radius 3 is 2.89 bits per heavy atom. The second-order valence-corrected chi connectivity index (χ2v) is 5.43. The molecule has 1 heterocycles. The zero-order chi connectivity index (χ0) is 12.7. The lowest BCUT2D eigenvalue weighted by atomic mass is 10.1. The number of nitrogens with two attached hydrogens (primary N) is 1. The minimum Gasteiger partial charge on any atom is -0.351 e. The van der Waals surface area contributed by atoms with Crippen LogP contribution < -0.4 is 16.3 Å². The molecule has 96 valence electrons. The van der Waals surface area contributed by atoms with Gasteiger partial charge in [0.1, 0.15) is 6.17 Å². The first kappa shape index (κ1) is 11.7. The molecule has 1 unspecified atom stereocenters. The van der Waals surface area contributed by atoms with E-state index in [0.717, 1.165) is 11.8 Å². The molecular formula is C15H21N3. The summed E-state index contributed by atoms with van der Waals surface area (Å²) in [5.74, 6) is 0. The standard InChI is InChI=1S/C15H21N3/c1-3-13(16)15-17-14-6-4-5-10(2)12(14)9-18(15)11-7-8-11/h4-6,9,11,13,15H,3,7-8,16H2,1-2H3/t13?,15-/m1/s1. The molecule has 1 aliphatic carbocycles. The largest absolute Gasteiger partial charge is 0.351 e. The van der Waals surface area contributed by atoms with E-state index in [1.807, 2.05) is 0 Å². The van der Waals surface area contributed by atoms with Crippen LogP contribution in [-0.4, -0.2) is 23.1 Å². The predicted molar refractivity (Wildman–Crippen MR) is 73.3 cm³/mol. The van der Waals surface area contributed by atoms with E-state index >= 15 is 0 Å². The summed E-state index contributed by atoms with van der Waals surface area (Å²) in [6.07, 6.45) is 5.93. The number of hydrogen-bond acceptors (Lipinski definition) is 3. The maximum Gasteiger partial charge on any atom is 0.136 e. The third-order valence-electron chi connectivity index (χ3n) is 3.98. The van der Waals surface area contributed by atoms with E-state index in [1.165, 1.54) is 23.6 Å². The summed E-state index contributed by atoms with van der Waals surface area (Å²) in [5, 5.41) is 2.37. The fourth-order valence-corrected chi connectivity index (χ4v) is 2.60. The second kappa shape index (κ2) is 4.39. The lowest BCUT2D eigenvalue weighted by Crippen LogP contribution is -2.51. The Morgan fingerprint density at radius 2 is 2.22 bits per heavy atom. The highest BCUT2D eigenvalue weighted by molar-refractivity contribution is 5.32. The summed E-state index contributed by atoms with van der Waals surface area (Å²) >= 11 is 0. The van der Waals surface area contributed by atoms with Gasteiger partial charge in [-0.2, -0.15) is 0 Å². The summed E-state index contributed by atoms with van der Waals surface area (Å²) < 4.78 is 0. The van der Waals surface area contributed by atoms with E-state index < -0.39 is 0 Å². The number of rotatable bonds is 3. The van der Waals surface area contributed by atoms with Crippen molar-refractivity contribution < 1.29 is 0 Å². The van der Waals surface area contributed by atoms with Crippen molar-refractivity contribution >= 4 is 6.20 Å². The van der Waals surface area contributed by atoms with Crippen molar-refractivity contribution in [2.24, 2.45) is 10.7 Å². The van der Waals surface area contributed by atoms with Crippen LogP contribution in [0.15, 0.2) is 23.2 Å². The summed E-state index contributed by atoms with van der Waals surface area (Å²) in [7, 11) is 0. The Hall–Kier alpha value is -1.35. The van der Waals surface area contributed by atoms with Gasteiger partial charge in [-0.25, -0.2) is 0 Å². The number of nitrogens with zero attached hydrogens (tertiary/aromatic N) is 2. The molecule has 0 radical (unpaired) electrons. The number of benzene rings is 1. The van der Waals surface area contributed by atoms with Crippen LogP contribution in [0.3, 0.4) is 0 Å². The molecule has 0 saturated heterocycles. The quantitative estimate of drug-likeness (QED) is 0.857. The third-order valence-corrected chi connectivity index (χ3v) is 3.98. The van der Waals surface area contributed by atoms with Gasteiger partial charge in [-0.15, -0.1) is 0 Å². The maximum atomic E-state index is 6.24. The predicted octanol–water partition coefficient (Wildman–Crippen LogP) is 0.894. The molecule has 3 heteroatoms. The van der Waals surface area contributed by atoms with E-state index in [1.54, 1.807) is 0 Å². The van der Waals surface area contributed by atoms with Gasteiger partial charge < -0.3 is 10.6 Å². The van der Waals surface area contributed by atoms with Crippen molar-refractivity contribution in [3.8, 4) is 0 Å². The monoisotopic (exact) mass is 243 g/mol. The summed E-state index contributed by atoms with van der Waals surface area (Å²) in [6.45, 7) is 4.28. The highest BCUT2D eigenvalue weighted by atomic mass is 15.3. The van der Waals surface area contributed by atoms with Crippen LogP contribution in [0.4, 0.5) is 0 Å². The average molecular weight is 243 g/mol. The first-order chi connectivity index (χ1) is 8.70. The van der Waals surface area contributed by atoms with Crippen molar-refractivity contribution in [1.82, 2.24) is 4.90 Å². The molecule has 18 heavy (non-hydrogen) atoms. The van der Waals surface area contributed by atoms with Gasteiger partial charge in [0.15, 0.2) is 0 Å². The zero-order valence-electron chi connectivity index (χ0n) is 11.1. The Bertz CT molecular complexity index is 560. The molecule has 2 N–H and O–H groups in total. The van der Waals surface area contributed by atoms with Gasteiger partial charge in [0, 0.05) is 23.5 Å². The second-order valence-electron chi connectivity index (χ2n) is 5.43.